The lowest BCUT2D eigenvalue weighted by Gasteiger charge is -2.41. The Labute approximate surface area is 119 Å². The maximum atomic E-state index is 13.5. The van der Waals surface area contributed by atoms with Crippen LogP contribution in [0, 0.1) is 5.82 Å². The number of hydrogen-bond acceptors (Lipinski definition) is 4. The van der Waals surface area contributed by atoms with Crippen molar-refractivity contribution in [1.82, 2.24) is 0 Å². The van der Waals surface area contributed by atoms with E-state index in [0.717, 1.165) is 24.2 Å². The number of anilines is 1. The number of nitrogens with zero attached hydrogens (tertiary/aromatic N) is 1. The lowest BCUT2D eigenvalue weighted by molar-refractivity contribution is -0.115. The zero-order valence-corrected chi connectivity index (χ0v) is 12.4. The molecule has 20 heavy (non-hydrogen) atoms. The minimum Gasteiger partial charge on any atom is -0.364 e. The molecule has 2 rings (SSSR count). The van der Waals surface area contributed by atoms with Gasteiger partial charge in [0.25, 0.3) is 0 Å². The highest BCUT2D eigenvalue weighted by Crippen LogP contribution is 2.36. The van der Waals surface area contributed by atoms with Gasteiger partial charge in [0.1, 0.15) is 5.82 Å². The Morgan fingerprint density at radius 2 is 2.10 bits per heavy atom. The largest absolute Gasteiger partial charge is 0.364 e. The van der Waals surface area contributed by atoms with Gasteiger partial charge in [-0.05, 0) is 31.0 Å². The number of methoxy groups -OCH3 is 2. The monoisotopic (exact) mass is 282 g/mol. The second-order valence-electron chi connectivity index (χ2n) is 5.48. The molecule has 1 aromatic rings. The van der Waals surface area contributed by atoms with E-state index in [1.165, 1.54) is 6.07 Å². The van der Waals surface area contributed by atoms with Crippen LogP contribution in [0.4, 0.5) is 10.1 Å². The van der Waals surface area contributed by atoms with Crippen LogP contribution in [0.1, 0.15) is 18.9 Å². The second-order valence-corrected chi connectivity index (χ2v) is 5.48. The molecule has 0 fully saturated rings. The summed E-state index contributed by atoms with van der Waals surface area (Å²) in [4.78, 5) is 2.18. The zero-order valence-electron chi connectivity index (χ0n) is 12.4. The average molecular weight is 282 g/mol. The van der Waals surface area contributed by atoms with E-state index in [0.29, 0.717) is 13.0 Å². The molecule has 5 heteroatoms. The third-order valence-electron chi connectivity index (χ3n) is 4.17. The van der Waals surface area contributed by atoms with Crippen molar-refractivity contribution in [2.24, 2.45) is 5.73 Å². The molecular weight excluding hydrogens is 259 g/mol. The normalized spacial score (nSPS) is 17.4. The molecule has 1 aliphatic rings. The number of benzene rings is 1. The summed E-state index contributed by atoms with van der Waals surface area (Å²) < 4.78 is 24.1. The highest BCUT2D eigenvalue weighted by molar-refractivity contribution is 5.60. The molecule has 0 amide bonds. The summed E-state index contributed by atoms with van der Waals surface area (Å²) in [6.07, 6.45) is 1.23. The summed E-state index contributed by atoms with van der Waals surface area (Å²) in [7, 11) is 3.23. The lowest BCUT2D eigenvalue weighted by Crippen LogP contribution is -2.53. The van der Waals surface area contributed by atoms with E-state index in [2.05, 4.69) is 11.8 Å². The molecule has 1 aliphatic heterocycles. The average Bonchev–Trinajstić information content (AvgIpc) is 2.88. The Morgan fingerprint density at radius 1 is 1.40 bits per heavy atom. The van der Waals surface area contributed by atoms with Crippen molar-refractivity contribution in [2.75, 3.05) is 32.2 Å². The first kappa shape index (κ1) is 15.2. The third-order valence-corrected chi connectivity index (χ3v) is 4.17. The standard InChI is InChI=1S/C15H23FN2O2/c1-15(10-17,9-14(19-2)20-3)18-7-6-11-4-5-12(16)8-13(11)18/h4-5,8,14H,6-7,9-10,17H2,1-3H3. The highest BCUT2D eigenvalue weighted by Gasteiger charge is 2.37. The molecule has 0 saturated heterocycles. The van der Waals surface area contributed by atoms with E-state index in [1.807, 2.05) is 6.07 Å². The Bertz CT molecular complexity index is 465. The van der Waals surface area contributed by atoms with Gasteiger partial charge in [-0.25, -0.2) is 4.39 Å². The quantitative estimate of drug-likeness (QED) is 0.810. The van der Waals surface area contributed by atoms with E-state index in [4.69, 9.17) is 15.2 Å². The van der Waals surface area contributed by atoms with Gasteiger partial charge in [0.15, 0.2) is 6.29 Å². The van der Waals surface area contributed by atoms with Crippen LogP contribution in [0.25, 0.3) is 0 Å². The molecule has 0 aliphatic carbocycles. The van der Waals surface area contributed by atoms with Crippen molar-refractivity contribution in [3.8, 4) is 0 Å². The number of nitrogens with two attached hydrogens (primary N) is 1. The van der Waals surface area contributed by atoms with Crippen molar-refractivity contribution in [3.63, 3.8) is 0 Å². The molecule has 1 heterocycles. The number of ether oxygens (including phenoxy) is 2. The smallest absolute Gasteiger partial charge is 0.159 e. The Morgan fingerprint density at radius 3 is 2.70 bits per heavy atom. The van der Waals surface area contributed by atoms with Crippen LogP contribution in [0.3, 0.4) is 0 Å². The maximum Gasteiger partial charge on any atom is 0.159 e. The van der Waals surface area contributed by atoms with E-state index in [9.17, 15) is 4.39 Å². The topological polar surface area (TPSA) is 47.7 Å². The second kappa shape index (κ2) is 6.08. The third kappa shape index (κ3) is 2.80. The summed E-state index contributed by atoms with van der Waals surface area (Å²) >= 11 is 0. The van der Waals surface area contributed by atoms with Gasteiger partial charge >= 0.3 is 0 Å². The summed E-state index contributed by atoms with van der Waals surface area (Å²) in [6, 6.07) is 4.95. The first-order valence-corrected chi connectivity index (χ1v) is 6.86. The zero-order chi connectivity index (χ0) is 14.8. The predicted octanol–water partition coefficient (Wildman–Crippen LogP) is 1.91. The van der Waals surface area contributed by atoms with E-state index >= 15 is 0 Å². The SMILES string of the molecule is COC(CC(C)(CN)N1CCc2ccc(F)cc21)OC. The van der Waals surface area contributed by atoms with Gasteiger partial charge in [-0.15, -0.1) is 0 Å². The van der Waals surface area contributed by atoms with Gasteiger partial charge in [0, 0.05) is 39.4 Å². The first-order chi connectivity index (χ1) is 9.54. The fraction of sp³-hybridized carbons (Fsp3) is 0.600. The molecule has 1 unspecified atom stereocenters. The molecule has 0 radical (unpaired) electrons. The van der Waals surface area contributed by atoms with Crippen molar-refractivity contribution < 1.29 is 13.9 Å². The molecule has 112 valence electrons. The van der Waals surface area contributed by atoms with Crippen LogP contribution in [0.2, 0.25) is 0 Å². The van der Waals surface area contributed by atoms with Gasteiger partial charge < -0.3 is 20.1 Å². The van der Waals surface area contributed by atoms with Crippen LogP contribution in [0.15, 0.2) is 18.2 Å². The van der Waals surface area contributed by atoms with Gasteiger partial charge in [-0.1, -0.05) is 6.07 Å². The van der Waals surface area contributed by atoms with Crippen LogP contribution in [-0.4, -0.2) is 39.1 Å². The minimum atomic E-state index is -0.324. The summed E-state index contributed by atoms with van der Waals surface area (Å²) in [5, 5.41) is 0. The fourth-order valence-electron chi connectivity index (χ4n) is 2.84. The van der Waals surface area contributed by atoms with Crippen molar-refractivity contribution in [1.29, 1.82) is 0 Å². The van der Waals surface area contributed by atoms with Gasteiger partial charge in [-0.2, -0.15) is 0 Å². The van der Waals surface area contributed by atoms with Crippen LogP contribution in [0.5, 0.6) is 0 Å². The summed E-state index contributed by atoms with van der Waals surface area (Å²) in [5.41, 5.74) is 7.77. The molecule has 1 atom stereocenters. The maximum absolute atomic E-state index is 13.5. The van der Waals surface area contributed by atoms with Crippen LogP contribution < -0.4 is 10.6 Å². The van der Waals surface area contributed by atoms with Gasteiger partial charge in [-0.3, -0.25) is 0 Å². The van der Waals surface area contributed by atoms with E-state index < -0.39 is 0 Å². The molecule has 1 aromatic carbocycles. The summed E-state index contributed by atoms with van der Waals surface area (Å²) in [5.74, 6) is -0.218. The van der Waals surface area contributed by atoms with Crippen LogP contribution >= 0.6 is 0 Å². The van der Waals surface area contributed by atoms with Crippen molar-refractivity contribution in [3.05, 3.63) is 29.6 Å². The Kier molecular flexibility index (Phi) is 4.62. The number of fused-ring (bicyclic) bond motifs is 1. The van der Waals surface area contributed by atoms with Crippen molar-refractivity contribution >= 4 is 5.69 Å². The van der Waals surface area contributed by atoms with Crippen LogP contribution in [-0.2, 0) is 15.9 Å². The van der Waals surface area contributed by atoms with Gasteiger partial charge in [0.05, 0.1) is 5.54 Å². The molecule has 0 aromatic heterocycles. The lowest BCUT2D eigenvalue weighted by atomic mass is 9.94. The van der Waals surface area contributed by atoms with E-state index in [1.54, 1.807) is 20.3 Å². The summed E-state index contributed by atoms with van der Waals surface area (Å²) in [6.45, 7) is 3.36. The minimum absolute atomic E-state index is 0.218. The number of hydrogen-bond donors (Lipinski definition) is 1. The predicted molar refractivity (Wildman–Crippen MR) is 77.3 cm³/mol. The first-order valence-electron chi connectivity index (χ1n) is 6.86. The fourth-order valence-corrected chi connectivity index (χ4v) is 2.84. The molecule has 0 spiro atoms. The highest BCUT2D eigenvalue weighted by atomic mass is 19.1. The number of halogens is 1. The molecule has 2 N–H and O–H groups in total. The van der Waals surface area contributed by atoms with Crippen molar-refractivity contribution in [2.45, 2.75) is 31.6 Å². The molecular formula is C15H23FN2O2. The molecule has 4 nitrogen and oxygen atoms in total. The number of rotatable bonds is 6. The Hall–Kier alpha value is -1.17. The van der Waals surface area contributed by atoms with Gasteiger partial charge in [0.2, 0.25) is 0 Å². The molecule has 0 saturated carbocycles. The Balaban J connectivity index is 2.27. The molecule has 0 bridgehead atoms. The van der Waals surface area contributed by atoms with E-state index in [-0.39, 0.29) is 17.6 Å².